The Hall–Kier alpha value is -3.67. The Labute approximate surface area is 223 Å². The second kappa shape index (κ2) is 12.0. The van der Waals surface area contributed by atoms with Crippen molar-refractivity contribution in [2.45, 2.75) is 12.8 Å². The number of nitrogens with zero attached hydrogens (tertiary/aromatic N) is 3. The number of likely N-dealkylation sites (tertiary alicyclic amines) is 1. The first kappa shape index (κ1) is 25.0. The lowest BCUT2D eigenvalue weighted by atomic mass is 9.97. The van der Waals surface area contributed by atoms with Crippen molar-refractivity contribution in [3.05, 3.63) is 119 Å². The second-order valence-electron chi connectivity index (χ2n) is 9.23. The van der Waals surface area contributed by atoms with Crippen LogP contribution in [0.4, 0.5) is 0 Å². The van der Waals surface area contributed by atoms with Crippen LogP contribution in [0.15, 0.2) is 102 Å². The van der Waals surface area contributed by atoms with Crippen LogP contribution < -0.4 is 0 Å². The summed E-state index contributed by atoms with van der Waals surface area (Å²) in [5.74, 6) is 0.407. The van der Waals surface area contributed by atoms with E-state index in [0.717, 1.165) is 41.9 Å². The van der Waals surface area contributed by atoms with E-state index in [2.05, 4.69) is 40.4 Å². The van der Waals surface area contributed by atoms with Gasteiger partial charge in [0.2, 0.25) is 0 Å². The third-order valence-corrected chi connectivity index (χ3v) is 6.97. The minimum atomic E-state index is -0.139. The van der Waals surface area contributed by atoms with E-state index < -0.39 is 0 Å². The normalized spacial score (nSPS) is 13.4. The molecule has 0 atom stereocenters. The van der Waals surface area contributed by atoms with Gasteiger partial charge in [-0.05, 0) is 66.9 Å². The number of halogens is 1. The summed E-state index contributed by atoms with van der Waals surface area (Å²) in [6.45, 7) is 4.10. The van der Waals surface area contributed by atoms with E-state index >= 15 is 0 Å². The van der Waals surface area contributed by atoms with Gasteiger partial charge in [0.05, 0.1) is 0 Å². The Kier molecular flexibility index (Phi) is 8.14. The molecule has 37 heavy (non-hydrogen) atoms. The summed E-state index contributed by atoms with van der Waals surface area (Å²) >= 11 is 6.02. The Morgan fingerprint density at radius 3 is 2.16 bits per heavy atom. The largest absolute Gasteiger partial charge is 0.355 e. The molecule has 0 aliphatic carbocycles. The molecule has 3 aromatic carbocycles. The van der Waals surface area contributed by atoms with Crippen LogP contribution in [0.3, 0.4) is 0 Å². The maximum atomic E-state index is 13.7. The van der Waals surface area contributed by atoms with E-state index in [1.165, 1.54) is 12.8 Å². The summed E-state index contributed by atoms with van der Waals surface area (Å²) in [4.78, 5) is 18.0. The van der Waals surface area contributed by atoms with Crippen molar-refractivity contribution >= 4 is 23.1 Å². The second-order valence-corrected chi connectivity index (χ2v) is 9.67. The SMILES string of the molecule is O=C(c1cc(-c2ccc(Cl)cc2)on1)N(CC=C(c1ccccc1)c1ccccc1)CCN1CCCC1. The summed E-state index contributed by atoms with van der Waals surface area (Å²) in [5, 5.41) is 4.77. The number of amides is 1. The number of aromatic nitrogens is 1. The highest BCUT2D eigenvalue weighted by molar-refractivity contribution is 6.30. The maximum absolute atomic E-state index is 13.7. The number of rotatable bonds is 9. The van der Waals surface area contributed by atoms with Gasteiger partial charge >= 0.3 is 0 Å². The highest BCUT2D eigenvalue weighted by Crippen LogP contribution is 2.25. The number of carbonyl (C=O) groups excluding carboxylic acids is 1. The van der Waals surface area contributed by atoms with E-state index in [1.54, 1.807) is 18.2 Å². The minimum Gasteiger partial charge on any atom is -0.355 e. The highest BCUT2D eigenvalue weighted by Gasteiger charge is 2.22. The van der Waals surface area contributed by atoms with Crippen LogP contribution in [0.2, 0.25) is 5.02 Å². The molecule has 4 aromatic rings. The predicted octanol–water partition coefficient (Wildman–Crippen LogP) is 6.66. The monoisotopic (exact) mass is 511 g/mol. The maximum Gasteiger partial charge on any atom is 0.276 e. The van der Waals surface area contributed by atoms with E-state index in [0.29, 0.717) is 29.6 Å². The van der Waals surface area contributed by atoms with Crippen LogP contribution in [-0.4, -0.2) is 53.6 Å². The molecule has 0 radical (unpaired) electrons. The summed E-state index contributed by atoms with van der Waals surface area (Å²) in [7, 11) is 0. The van der Waals surface area contributed by atoms with Crippen molar-refractivity contribution in [2.75, 3.05) is 32.7 Å². The third-order valence-electron chi connectivity index (χ3n) is 6.72. The quantitative estimate of drug-likeness (QED) is 0.252. The predicted molar refractivity (Wildman–Crippen MR) is 148 cm³/mol. The molecule has 0 spiro atoms. The molecule has 5 rings (SSSR count). The molecule has 1 aliphatic heterocycles. The average Bonchev–Trinajstić information content (AvgIpc) is 3.65. The minimum absolute atomic E-state index is 0.139. The highest BCUT2D eigenvalue weighted by atomic mass is 35.5. The number of hydrogen-bond donors (Lipinski definition) is 0. The standard InChI is InChI=1S/C31H30ClN3O2/c32-27-15-13-26(14-16-27)30-23-29(33-37-30)31(36)35(22-21-34-18-7-8-19-34)20-17-28(24-9-3-1-4-10-24)25-11-5-2-6-12-25/h1-6,9-17,23H,7-8,18-22H2. The molecule has 1 fully saturated rings. The van der Waals surface area contributed by atoms with E-state index in [-0.39, 0.29) is 5.91 Å². The van der Waals surface area contributed by atoms with Gasteiger partial charge in [-0.2, -0.15) is 0 Å². The number of hydrogen-bond acceptors (Lipinski definition) is 4. The number of carbonyl (C=O) groups is 1. The Balaban J connectivity index is 1.41. The lowest BCUT2D eigenvalue weighted by Gasteiger charge is -2.24. The van der Waals surface area contributed by atoms with Gasteiger partial charge in [-0.1, -0.05) is 83.5 Å². The first-order valence-corrected chi connectivity index (χ1v) is 13.1. The smallest absolute Gasteiger partial charge is 0.276 e. The van der Waals surface area contributed by atoms with Crippen molar-refractivity contribution in [1.29, 1.82) is 0 Å². The van der Waals surface area contributed by atoms with Crippen molar-refractivity contribution in [3.63, 3.8) is 0 Å². The molecular formula is C31H30ClN3O2. The topological polar surface area (TPSA) is 49.6 Å². The molecule has 1 amide bonds. The lowest BCUT2D eigenvalue weighted by Crippen LogP contribution is -2.38. The molecule has 0 N–H and O–H groups in total. The molecule has 1 aromatic heterocycles. The van der Waals surface area contributed by atoms with Gasteiger partial charge in [0.1, 0.15) is 0 Å². The van der Waals surface area contributed by atoms with E-state index in [9.17, 15) is 4.79 Å². The molecule has 1 aliphatic rings. The third kappa shape index (κ3) is 6.37. The Morgan fingerprint density at radius 2 is 1.54 bits per heavy atom. The fourth-order valence-corrected chi connectivity index (χ4v) is 4.80. The zero-order chi connectivity index (χ0) is 25.5. The Morgan fingerprint density at radius 1 is 0.919 bits per heavy atom. The average molecular weight is 512 g/mol. The van der Waals surface area contributed by atoms with Gasteiger partial charge in [0.25, 0.3) is 5.91 Å². The van der Waals surface area contributed by atoms with Crippen molar-refractivity contribution < 1.29 is 9.32 Å². The molecular weight excluding hydrogens is 482 g/mol. The molecule has 188 valence electrons. The first-order valence-electron chi connectivity index (χ1n) is 12.7. The molecule has 5 nitrogen and oxygen atoms in total. The van der Waals surface area contributed by atoms with Crippen LogP contribution in [0.25, 0.3) is 16.9 Å². The van der Waals surface area contributed by atoms with Gasteiger partial charge in [-0.25, -0.2) is 0 Å². The van der Waals surface area contributed by atoms with Crippen molar-refractivity contribution in [2.24, 2.45) is 0 Å². The molecule has 1 saturated heterocycles. The van der Waals surface area contributed by atoms with Crippen LogP contribution in [0.1, 0.15) is 34.5 Å². The van der Waals surface area contributed by atoms with Gasteiger partial charge in [0, 0.05) is 36.3 Å². The van der Waals surface area contributed by atoms with E-state index in [4.69, 9.17) is 16.1 Å². The van der Waals surface area contributed by atoms with Gasteiger partial charge in [0.15, 0.2) is 11.5 Å². The zero-order valence-electron chi connectivity index (χ0n) is 20.7. The summed E-state index contributed by atoms with van der Waals surface area (Å²) in [5.41, 5.74) is 4.47. The lowest BCUT2D eigenvalue weighted by molar-refractivity contribution is 0.0749. The summed E-state index contributed by atoms with van der Waals surface area (Å²) in [6, 6.07) is 29.6. The van der Waals surface area contributed by atoms with Crippen LogP contribution in [0.5, 0.6) is 0 Å². The van der Waals surface area contributed by atoms with Crippen molar-refractivity contribution in [3.8, 4) is 11.3 Å². The fraction of sp³-hybridized carbons (Fsp3) is 0.226. The zero-order valence-corrected chi connectivity index (χ0v) is 21.5. The van der Waals surface area contributed by atoms with Gasteiger partial charge in [-0.3, -0.25) is 4.79 Å². The molecule has 0 unspecified atom stereocenters. The van der Waals surface area contributed by atoms with Crippen LogP contribution >= 0.6 is 11.6 Å². The fourth-order valence-electron chi connectivity index (χ4n) is 4.67. The molecule has 6 heteroatoms. The van der Waals surface area contributed by atoms with Crippen molar-refractivity contribution in [1.82, 2.24) is 15.0 Å². The molecule has 0 bridgehead atoms. The number of benzene rings is 3. The Bertz CT molecular complexity index is 1290. The van der Waals surface area contributed by atoms with Crippen LogP contribution in [0, 0.1) is 0 Å². The first-order chi connectivity index (χ1) is 18.2. The van der Waals surface area contributed by atoms with Gasteiger partial charge < -0.3 is 14.3 Å². The van der Waals surface area contributed by atoms with Crippen LogP contribution in [-0.2, 0) is 0 Å². The summed E-state index contributed by atoms with van der Waals surface area (Å²) < 4.78 is 5.54. The molecule has 2 heterocycles. The van der Waals surface area contributed by atoms with E-state index in [1.807, 2.05) is 53.4 Å². The summed E-state index contributed by atoms with van der Waals surface area (Å²) in [6.07, 6.45) is 4.58. The van der Waals surface area contributed by atoms with Gasteiger partial charge in [-0.15, -0.1) is 0 Å². The molecule has 0 saturated carbocycles.